The molecule has 1 saturated heterocycles. The van der Waals surface area contributed by atoms with Gasteiger partial charge in [0.25, 0.3) is 10.1 Å². The van der Waals surface area contributed by atoms with Crippen LogP contribution in [0.25, 0.3) is 0 Å². The molecule has 5 nitrogen and oxygen atoms in total. The van der Waals surface area contributed by atoms with Crippen molar-refractivity contribution in [3.63, 3.8) is 0 Å². The summed E-state index contributed by atoms with van der Waals surface area (Å²) in [7, 11) is -3.57. The van der Waals surface area contributed by atoms with Crippen LogP contribution >= 0.6 is 0 Å². The van der Waals surface area contributed by atoms with Crippen LogP contribution in [0.2, 0.25) is 0 Å². The summed E-state index contributed by atoms with van der Waals surface area (Å²) in [4.78, 5) is 0. The number of aliphatic hydroxyl groups is 1. The van der Waals surface area contributed by atoms with E-state index in [0.29, 0.717) is 12.3 Å². The first kappa shape index (κ1) is 16.7. The van der Waals surface area contributed by atoms with Crippen LogP contribution in [0, 0.1) is 17.3 Å². The summed E-state index contributed by atoms with van der Waals surface area (Å²) in [6, 6.07) is 0. The number of ether oxygens (including phenoxy) is 1. The zero-order valence-electron chi connectivity index (χ0n) is 14.0. The highest BCUT2D eigenvalue weighted by Gasteiger charge is 2.59. The third-order valence-corrected chi connectivity index (χ3v) is 7.10. The van der Waals surface area contributed by atoms with E-state index < -0.39 is 21.8 Å². The van der Waals surface area contributed by atoms with E-state index in [-0.39, 0.29) is 16.9 Å². The van der Waals surface area contributed by atoms with Crippen molar-refractivity contribution in [3.05, 3.63) is 0 Å². The average Bonchev–Trinajstić information content (AvgIpc) is 3.11. The van der Waals surface area contributed by atoms with Crippen molar-refractivity contribution in [1.29, 1.82) is 0 Å². The van der Waals surface area contributed by atoms with Gasteiger partial charge in [-0.2, -0.15) is 8.42 Å². The van der Waals surface area contributed by atoms with E-state index in [2.05, 4.69) is 13.8 Å². The number of epoxide rings is 1. The Kier molecular flexibility index (Phi) is 3.73. The second kappa shape index (κ2) is 4.91. The third-order valence-electron chi connectivity index (χ3n) is 6.51. The molecule has 0 aromatic rings. The molecule has 0 radical (unpaired) electrons. The van der Waals surface area contributed by atoms with Gasteiger partial charge < -0.3 is 9.84 Å². The highest BCUT2D eigenvalue weighted by molar-refractivity contribution is 7.86. The Morgan fingerprint density at radius 3 is 2.32 bits per heavy atom. The second-order valence-corrected chi connectivity index (χ2v) is 9.93. The Balaban J connectivity index is 1.84. The van der Waals surface area contributed by atoms with Crippen LogP contribution in [0.5, 0.6) is 0 Å². The normalized spacial score (nSPS) is 52.1. The van der Waals surface area contributed by atoms with E-state index in [1.54, 1.807) is 6.92 Å². The Morgan fingerprint density at radius 1 is 1.18 bits per heavy atom. The molecule has 0 amide bonds. The monoisotopic (exact) mass is 332 g/mol. The molecule has 3 aliphatic rings. The lowest BCUT2D eigenvalue weighted by Crippen LogP contribution is -2.60. The lowest BCUT2D eigenvalue weighted by molar-refractivity contribution is -0.178. The Hall–Kier alpha value is -0.170. The van der Waals surface area contributed by atoms with Gasteiger partial charge in [0, 0.05) is 0 Å². The van der Waals surface area contributed by atoms with E-state index in [0.717, 1.165) is 38.5 Å². The maximum atomic E-state index is 11.5. The van der Waals surface area contributed by atoms with Gasteiger partial charge in [-0.3, -0.25) is 4.18 Å². The number of hydrogen-bond donors (Lipinski definition) is 1. The molecule has 0 spiro atoms. The summed E-state index contributed by atoms with van der Waals surface area (Å²) >= 11 is 0. The molecule has 1 aliphatic heterocycles. The maximum Gasteiger partial charge on any atom is 0.264 e. The number of hydrogen-bond acceptors (Lipinski definition) is 5. The average molecular weight is 332 g/mol. The lowest BCUT2D eigenvalue weighted by atomic mass is 9.52. The standard InChI is InChI=1S/C16H28O5S/c1-14-7-5-11(15(2)10-20-15)9-12(14)16(3,17)13(6-8-14)21-22(4,18)19/h11-13,17H,5-10H2,1-4H3/t11-,12+,13+,14-,15?,16-/m0/s1. The minimum Gasteiger partial charge on any atom is -0.387 e. The molecular weight excluding hydrogens is 304 g/mol. The fourth-order valence-corrected chi connectivity index (χ4v) is 5.56. The minimum atomic E-state index is -3.57. The molecule has 6 atom stereocenters. The molecule has 2 aliphatic carbocycles. The summed E-state index contributed by atoms with van der Waals surface area (Å²) in [5, 5.41) is 11.1. The lowest BCUT2D eigenvalue weighted by Gasteiger charge is -2.56. The van der Waals surface area contributed by atoms with Crippen LogP contribution in [0.15, 0.2) is 0 Å². The first-order valence-corrected chi connectivity index (χ1v) is 10.0. The molecule has 1 N–H and O–H groups in total. The maximum absolute atomic E-state index is 11.5. The molecule has 6 heteroatoms. The van der Waals surface area contributed by atoms with Crippen molar-refractivity contribution in [2.45, 2.75) is 70.2 Å². The zero-order valence-corrected chi connectivity index (χ0v) is 14.8. The van der Waals surface area contributed by atoms with Crippen molar-refractivity contribution in [2.75, 3.05) is 12.9 Å². The Bertz CT molecular complexity index is 551. The van der Waals surface area contributed by atoms with E-state index in [4.69, 9.17) is 8.92 Å². The minimum absolute atomic E-state index is 0.0396. The quantitative estimate of drug-likeness (QED) is 0.632. The summed E-state index contributed by atoms with van der Waals surface area (Å²) in [6.45, 7) is 6.92. The largest absolute Gasteiger partial charge is 0.387 e. The van der Waals surface area contributed by atoms with Crippen LogP contribution in [0.1, 0.15) is 52.9 Å². The van der Waals surface area contributed by atoms with Crippen molar-refractivity contribution in [3.8, 4) is 0 Å². The van der Waals surface area contributed by atoms with Gasteiger partial charge in [0.1, 0.15) is 6.10 Å². The predicted molar refractivity (Wildman–Crippen MR) is 82.9 cm³/mol. The van der Waals surface area contributed by atoms with Gasteiger partial charge in [-0.05, 0) is 63.2 Å². The highest BCUT2D eigenvalue weighted by atomic mass is 32.2. The van der Waals surface area contributed by atoms with Crippen molar-refractivity contribution in [2.24, 2.45) is 17.3 Å². The summed E-state index contributed by atoms with van der Waals surface area (Å²) in [5.41, 5.74) is -1.11. The van der Waals surface area contributed by atoms with Gasteiger partial charge in [-0.1, -0.05) is 6.92 Å². The molecule has 0 bridgehead atoms. The van der Waals surface area contributed by atoms with Gasteiger partial charge in [0.15, 0.2) is 0 Å². The molecule has 1 unspecified atom stereocenters. The van der Waals surface area contributed by atoms with Gasteiger partial charge in [-0.25, -0.2) is 0 Å². The van der Waals surface area contributed by atoms with Crippen molar-refractivity contribution >= 4 is 10.1 Å². The van der Waals surface area contributed by atoms with Crippen LogP contribution in [-0.2, 0) is 19.0 Å². The number of fused-ring (bicyclic) bond motifs is 1. The van der Waals surface area contributed by atoms with E-state index in [9.17, 15) is 13.5 Å². The SMILES string of the molecule is CC1([C@H]2CC[C@@]3(C)CC[C@@H](OS(C)(=O)=O)[C@@](C)(O)[C@@H]3C2)CO1. The third kappa shape index (κ3) is 2.83. The van der Waals surface area contributed by atoms with Gasteiger partial charge in [-0.15, -0.1) is 0 Å². The molecule has 0 aromatic carbocycles. The first-order valence-electron chi connectivity index (χ1n) is 8.21. The smallest absolute Gasteiger partial charge is 0.264 e. The molecular formula is C16H28O5S. The Morgan fingerprint density at radius 2 is 1.77 bits per heavy atom. The fourth-order valence-electron chi connectivity index (χ4n) is 4.85. The van der Waals surface area contributed by atoms with Crippen LogP contribution in [0.3, 0.4) is 0 Å². The zero-order chi connectivity index (χ0) is 16.4. The fraction of sp³-hybridized carbons (Fsp3) is 1.00. The topological polar surface area (TPSA) is 76.1 Å². The van der Waals surface area contributed by atoms with Gasteiger partial charge in [0.2, 0.25) is 0 Å². The molecule has 0 aromatic heterocycles. The van der Waals surface area contributed by atoms with E-state index >= 15 is 0 Å². The molecule has 3 fully saturated rings. The summed E-state index contributed by atoms with van der Waals surface area (Å²) in [6.07, 6.45) is 4.96. The van der Waals surface area contributed by atoms with Crippen molar-refractivity contribution < 1.29 is 22.4 Å². The van der Waals surface area contributed by atoms with Gasteiger partial charge >= 0.3 is 0 Å². The summed E-state index contributed by atoms with van der Waals surface area (Å²) < 4.78 is 33.8. The highest BCUT2D eigenvalue weighted by Crippen LogP contribution is 2.59. The van der Waals surface area contributed by atoms with Gasteiger partial charge in [0.05, 0.1) is 24.1 Å². The van der Waals surface area contributed by atoms with Crippen molar-refractivity contribution in [1.82, 2.24) is 0 Å². The molecule has 2 saturated carbocycles. The molecule has 1 heterocycles. The Labute approximate surface area is 133 Å². The van der Waals surface area contributed by atoms with Crippen LogP contribution in [-0.4, -0.2) is 43.7 Å². The van der Waals surface area contributed by atoms with E-state index in [1.807, 2.05) is 0 Å². The van der Waals surface area contributed by atoms with Crippen LogP contribution < -0.4 is 0 Å². The summed E-state index contributed by atoms with van der Waals surface area (Å²) in [5.74, 6) is 0.481. The van der Waals surface area contributed by atoms with E-state index in [1.165, 1.54) is 0 Å². The molecule has 128 valence electrons. The molecule has 22 heavy (non-hydrogen) atoms. The first-order chi connectivity index (χ1) is 9.96. The predicted octanol–water partition coefficient (Wildman–Crippen LogP) is 2.09. The second-order valence-electron chi connectivity index (χ2n) is 8.33. The van der Waals surface area contributed by atoms with Crippen LogP contribution in [0.4, 0.5) is 0 Å². The number of rotatable bonds is 3. The molecule has 3 rings (SSSR count).